The van der Waals surface area contributed by atoms with Crippen LogP contribution in [0.5, 0.6) is 0 Å². The van der Waals surface area contributed by atoms with Crippen molar-refractivity contribution < 1.29 is 9.32 Å². The van der Waals surface area contributed by atoms with Gasteiger partial charge in [-0.05, 0) is 25.0 Å². The lowest BCUT2D eigenvalue weighted by atomic mass is 10.1. The van der Waals surface area contributed by atoms with E-state index in [-0.39, 0.29) is 17.9 Å². The Morgan fingerprint density at radius 3 is 2.96 bits per heavy atom. The highest BCUT2D eigenvalue weighted by Crippen LogP contribution is 2.30. The van der Waals surface area contributed by atoms with E-state index in [1.165, 1.54) is 0 Å². The average molecular weight is 353 g/mol. The number of likely N-dealkylation sites (tertiary alicyclic amines) is 1. The molecule has 0 saturated carbocycles. The van der Waals surface area contributed by atoms with Gasteiger partial charge in [0.1, 0.15) is 0 Å². The van der Waals surface area contributed by atoms with Crippen molar-refractivity contribution in [1.82, 2.24) is 24.4 Å². The second kappa shape index (κ2) is 6.90. The van der Waals surface area contributed by atoms with Gasteiger partial charge in [-0.3, -0.25) is 4.79 Å². The van der Waals surface area contributed by atoms with E-state index in [0.717, 1.165) is 31.2 Å². The first-order valence-electron chi connectivity index (χ1n) is 9.19. The van der Waals surface area contributed by atoms with Gasteiger partial charge >= 0.3 is 0 Å². The van der Waals surface area contributed by atoms with Crippen LogP contribution >= 0.6 is 0 Å². The molecule has 3 aromatic heterocycles. The second-order valence-electron chi connectivity index (χ2n) is 7.15. The van der Waals surface area contributed by atoms with Crippen molar-refractivity contribution in [2.75, 3.05) is 6.54 Å². The second-order valence-corrected chi connectivity index (χ2v) is 7.15. The number of aromatic nitrogens is 4. The van der Waals surface area contributed by atoms with Gasteiger partial charge < -0.3 is 13.8 Å². The summed E-state index contributed by atoms with van der Waals surface area (Å²) in [6.45, 7) is 4.75. The lowest BCUT2D eigenvalue weighted by Gasteiger charge is -2.28. The number of carbonyl (C=O) groups excluding carboxylic acids is 1. The van der Waals surface area contributed by atoms with E-state index in [2.05, 4.69) is 15.1 Å². The van der Waals surface area contributed by atoms with Gasteiger partial charge in [0.15, 0.2) is 5.82 Å². The fourth-order valence-electron chi connectivity index (χ4n) is 3.45. The fraction of sp³-hybridized carbons (Fsp3) is 0.474. The minimum absolute atomic E-state index is 0.00315. The Bertz CT molecular complexity index is 913. The van der Waals surface area contributed by atoms with Crippen LogP contribution in [0.4, 0.5) is 0 Å². The van der Waals surface area contributed by atoms with Crippen LogP contribution in [0.25, 0.3) is 5.52 Å². The van der Waals surface area contributed by atoms with E-state index >= 15 is 0 Å². The number of carbonyl (C=O) groups is 1. The first-order chi connectivity index (χ1) is 12.6. The summed E-state index contributed by atoms with van der Waals surface area (Å²) in [5, 5.41) is 4.18. The molecule has 0 spiro atoms. The summed E-state index contributed by atoms with van der Waals surface area (Å²) >= 11 is 0. The Morgan fingerprint density at radius 1 is 1.27 bits per heavy atom. The van der Waals surface area contributed by atoms with Gasteiger partial charge in [0.05, 0.1) is 29.6 Å². The number of rotatable bonds is 3. The number of imidazole rings is 1. The van der Waals surface area contributed by atoms with E-state index < -0.39 is 0 Å². The Labute approximate surface area is 152 Å². The standard InChI is InChI=1S/C19H23N5O2/c1-13(2)18-21-17(22-26-18)16-6-4-3-5-9-24(16)19(25)14-7-8-15-10-20-12-23(15)11-14/h7-8,10-13,16H,3-6,9H2,1-2H3. The molecule has 0 N–H and O–H groups in total. The third-order valence-corrected chi connectivity index (χ3v) is 4.92. The summed E-state index contributed by atoms with van der Waals surface area (Å²) in [6.07, 6.45) is 9.33. The molecule has 0 radical (unpaired) electrons. The SMILES string of the molecule is CC(C)c1nc(C2CCCCCN2C(=O)c2ccc3cncn3c2)no1. The molecule has 1 unspecified atom stereocenters. The number of nitrogens with zero attached hydrogens (tertiary/aromatic N) is 5. The van der Waals surface area contributed by atoms with Gasteiger partial charge in [0, 0.05) is 18.7 Å². The molecule has 1 fully saturated rings. The molecule has 4 rings (SSSR count). The molecule has 7 heteroatoms. The molecule has 1 atom stereocenters. The molecule has 0 aromatic carbocycles. The molecule has 7 nitrogen and oxygen atoms in total. The smallest absolute Gasteiger partial charge is 0.255 e. The normalized spacial score (nSPS) is 18.4. The van der Waals surface area contributed by atoms with Crippen LogP contribution in [-0.2, 0) is 0 Å². The molecule has 0 aliphatic carbocycles. The van der Waals surface area contributed by atoms with Gasteiger partial charge in [0.25, 0.3) is 5.91 Å². The molecule has 0 bridgehead atoms. The summed E-state index contributed by atoms with van der Waals surface area (Å²) in [5.74, 6) is 1.42. The van der Waals surface area contributed by atoms with Crippen LogP contribution in [0.1, 0.15) is 73.6 Å². The maximum absolute atomic E-state index is 13.2. The van der Waals surface area contributed by atoms with E-state index in [4.69, 9.17) is 4.52 Å². The van der Waals surface area contributed by atoms with Gasteiger partial charge in [-0.2, -0.15) is 4.98 Å². The van der Waals surface area contributed by atoms with E-state index in [1.807, 2.05) is 41.5 Å². The first kappa shape index (κ1) is 16.8. The zero-order valence-corrected chi connectivity index (χ0v) is 15.1. The van der Waals surface area contributed by atoms with Gasteiger partial charge in [-0.1, -0.05) is 31.8 Å². The largest absolute Gasteiger partial charge is 0.339 e. The van der Waals surface area contributed by atoms with Crippen LogP contribution in [0.15, 0.2) is 35.4 Å². The van der Waals surface area contributed by atoms with Crippen LogP contribution in [0, 0.1) is 0 Å². The number of hydrogen-bond acceptors (Lipinski definition) is 5. The zero-order chi connectivity index (χ0) is 18.1. The molecule has 1 saturated heterocycles. The van der Waals surface area contributed by atoms with Crippen molar-refractivity contribution in [3.05, 3.63) is 48.1 Å². The molecule has 1 aliphatic heterocycles. The number of fused-ring (bicyclic) bond motifs is 1. The highest BCUT2D eigenvalue weighted by molar-refractivity contribution is 5.94. The van der Waals surface area contributed by atoms with Gasteiger partial charge in [0.2, 0.25) is 5.89 Å². The molecule has 136 valence electrons. The van der Waals surface area contributed by atoms with Crippen LogP contribution in [0.2, 0.25) is 0 Å². The van der Waals surface area contributed by atoms with Crippen molar-refractivity contribution >= 4 is 11.4 Å². The Balaban J connectivity index is 1.66. The molecule has 3 aromatic rings. The Kier molecular flexibility index (Phi) is 4.44. The minimum Gasteiger partial charge on any atom is -0.339 e. The monoisotopic (exact) mass is 353 g/mol. The van der Waals surface area contributed by atoms with Crippen molar-refractivity contribution in [3.8, 4) is 0 Å². The summed E-state index contributed by atoms with van der Waals surface area (Å²) in [4.78, 5) is 23.8. The predicted molar refractivity (Wildman–Crippen MR) is 95.8 cm³/mol. The molecule has 4 heterocycles. The van der Waals surface area contributed by atoms with Crippen molar-refractivity contribution in [1.29, 1.82) is 0 Å². The van der Waals surface area contributed by atoms with Crippen LogP contribution in [-0.4, -0.2) is 36.9 Å². The maximum atomic E-state index is 13.2. The predicted octanol–water partition coefficient (Wildman–Crippen LogP) is 3.60. The van der Waals surface area contributed by atoms with E-state index in [9.17, 15) is 4.79 Å². The molecular weight excluding hydrogens is 330 g/mol. The molecule has 1 amide bonds. The summed E-state index contributed by atoms with van der Waals surface area (Å²) in [5.41, 5.74) is 1.61. The topological polar surface area (TPSA) is 76.5 Å². The Hall–Kier alpha value is -2.70. The highest BCUT2D eigenvalue weighted by atomic mass is 16.5. The van der Waals surface area contributed by atoms with Gasteiger partial charge in [-0.15, -0.1) is 0 Å². The van der Waals surface area contributed by atoms with E-state index in [1.54, 1.807) is 12.5 Å². The summed E-state index contributed by atoms with van der Waals surface area (Å²) in [6, 6.07) is 3.63. The zero-order valence-electron chi connectivity index (χ0n) is 15.1. The number of pyridine rings is 1. The average Bonchev–Trinajstić information content (AvgIpc) is 3.25. The maximum Gasteiger partial charge on any atom is 0.255 e. The van der Waals surface area contributed by atoms with Crippen molar-refractivity contribution in [3.63, 3.8) is 0 Å². The van der Waals surface area contributed by atoms with Crippen LogP contribution < -0.4 is 0 Å². The lowest BCUT2D eigenvalue weighted by molar-refractivity contribution is 0.0670. The van der Waals surface area contributed by atoms with E-state index in [0.29, 0.717) is 23.8 Å². The minimum atomic E-state index is -0.139. The summed E-state index contributed by atoms with van der Waals surface area (Å²) in [7, 11) is 0. The van der Waals surface area contributed by atoms with Crippen LogP contribution in [0.3, 0.4) is 0 Å². The fourth-order valence-corrected chi connectivity index (χ4v) is 3.45. The molecular formula is C19H23N5O2. The van der Waals surface area contributed by atoms with Crippen molar-refractivity contribution in [2.45, 2.75) is 51.5 Å². The van der Waals surface area contributed by atoms with Gasteiger partial charge in [-0.25, -0.2) is 4.98 Å². The highest BCUT2D eigenvalue weighted by Gasteiger charge is 2.31. The number of amides is 1. The third-order valence-electron chi connectivity index (χ3n) is 4.92. The molecule has 26 heavy (non-hydrogen) atoms. The first-order valence-corrected chi connectivity index (χ1v) is 9.19. The Morgan fingerprint density at radius 2 is 2.15 bits per heavy atom. The molecule has 1 aliphatic rings. The quantitative estimate of drug-likeness (QED) is 0.719. The number of hydrogen-bond donors (Lipinski definition) is 0. The van der Waals surface area contributed by atoms with Crippen molar-refractivity contribution in [2.24, 2.45) is 0 Å². The third kappa shape index (κ3) is 3.09. The lowest BCUT2D eigenvalue weighted by Crippen LogP contribution is -2.35. The summed E-state index contributed by atoms with van der Waals surface area (Å²) < 4.78 is 7.26.